The van der Waals surface area contributed by atoms with Gasteiger partial charge in [-0.2, -0.15) is 31.3 Å². The molecule has 1 aliphatic rings. The fraction of sp³-hybridized carbons (Fsp3) is 0.467. The number of carboxylic acids is 1. The first kappa shape index (κ1) is 22.4. The Bertz CT molecular complexity index is 800. The van der Waals surface area contributed by atoms with Gasteiger partial charge >= 0.3 is 24.2 Å². The molecule has 3 N–H and O–H groups in total. The normalized spacial score (nSPS) is 15.4. The van der Waals surface area contributed by atoms with Crippen molar-refractivity contribution in [1.82, 2.24) is 20.4 Å². The smallest absolute Gasteiger partial charge is 0.475 e. The molecule has 0 amide bonds. The van der Waals surface area contributed by atoms with Gasteiger partial charge in [-0.15, -0.1) is 0 Å². The molecule has 1 aliphatic heterocycles. The van der Waals surface area contributed by atoms with Crippen LogP contribution in [0.25, 0.3) is 11.4 Å². The van der Waals surface area contributed by atoms with E-state index in [1.165, 1.54) is 6.20 Å². The predicted octanol–water partition coefficient (Wildman–Crippen LogP) is 2.95. The van der Waals surface area contributed by atoms with Gasteiger partial charge in [0.15, 0.2) is 0 Å². The summed E-state index contributed by atoms with van der Waals surface area (Å²) in [6.45, 7) is 1.91. The summed E-state index contributed by atoms with van der Waals surface area (Å²) in [6, 6.07) is 3.66. The van der Waals surface area contributed by atoms with Crippen LogP contribution in [0.2, 0.25) is 0 Å². The summed E-state index contributed by atoms with van der Waals surface area (Å²) in [7, 11) is 0. The Kier molecular flexibility index (Phi) is 7.00. The number of alkyl halides is 6. The van der Waals surface area contributed by atoms with Crippen LogP contribution in [0, 0.1) is 0 Å². The van der Waals surface area contributed by atoms with Crippen molar-refractivity contribution in [3.05, 3.63) is 24.2 Å². The van der Waals surface area contributed by atoms with Gasteiger partial charge in [0, 0.05) is 17.8 Å². The van der Waals surface area contributed by atoms with Crippen LogP contribution >= 0.6 is 0 Å². The van der Waals surface area contributed by atoms with E-state index in [1.54, 1.807) is 12.1 Å². The average molecular weight is 427 g/mol. The van der Waals surface area contributed by atoms with Crippen LogP contribution in [0.5, 0.6) is 0 Å². The number of pyridine rings is 1. The molecule has 160 valence electrons. The molecule has 0 aliphatic carbocycles. The first-order valence-corrected chi connectivity index (χ1v) is 8.11. The number of anilines is 1. The van der Waals surface area contributed by atoms with Gasteiger partial charge in [0.1, 0.15) is 5.82 Å². The Morgan fingerprint density at radius 2 is 1.79 bits per heavy atom. The van der Waals surface area contributed by atoms with Gasteiger partial charge in [0.25, 0.3) is 0 Å². The van der Waals surface area contributed by atoms with Crippen LogP contribution in [0.3, 0.4) is 0 Å². The van der Waals surface area contributed by atoms with Gasteiger partial charge in [-0.3, -0.25) is 0 Å². The summed E-state index contributed by atoms with van der Waals surface area (Å²) in [5, 5.41) is 17.0. The maximum Gasteiger partial charge on any atom is 0.490 e. The highest BCUT2D eigenvalue weighted by Gasteiger charge is 2.39. The van der Waals surface area contributed by atoms with Crippen molar-refractivity contribution in [2.75, 3.05) is 18.4 Å². The van der Waals surface area contributed by atoms with Gasteiger partial charge in [-0.05, 0) is 38.1 Å². The van der Waals surface area contributed by atoms with E-state index in [0.717, 1.165) is 25.9 Å². The molecule has 0 atom stereocenters. The lowest BCUT2D eigenvalue weighted by atomic mass is 10.1. The minimum absolute atomic E-state index is 0.131. The van der Waals surface area contributed by atoms with E-state index in [-0.39, 0.29) is 5.82 Å². The number of carbonyl (C=O) groups is 1. The molecule has 3 rings (SSSR count). The molecule has 3 heterocycles. The summed E-state index contributed by atoms with van der Waals surface area (Å²) in [4.78, 5) is 16.4. The van der Waals surface area contributed by atoms with E-state index in [0.29, 0.717) is 17.4 Å². The van der Waals surface area contributed by atoms with Crippen LogP contribution in [0.15, 0.2) is 22.9 Å². The van der Waals surface area contributed by atoms with Crippen molar-refractivity contribution < 1.29 is 40.8 Å². The fourth-order valence-corrected chi connectivity index (χ4v) is 2.24. The largest absolute Gasteiger partial charge is 0.490 e. The number of hydrogen-bond acceptors (Lipinski definition) is 7. The zero-order valence-electron chi connectivity index (χ0n) is 14.5. The number of aliphatic carboxylic acids is 1. The highest BCUT2D eigenvalue weighted by molar-refractivity contribution is 5.73. The van der Waals surface area contributed by atoms with Crippen LogP contribution in [-0.2, 0) is 11.0 Å². The van der Waals surface area contributed by atoms with Crippen LogP contribution in [0.1, 0.15) is 18.7 Å². The Balaban J connectivity index is 0.000000370. The number of piperidine rings is 1. The molecule has 29 heavy (non-hydrogen) atoms. The van der Waals surface area contributed by atoms with Crippen LogP contribution in [0.4, 0.5) is 32.2 Å². The predicted molar refractivity (Wildman–Crippen MR) is 85.7 cm³/mol. The summed E-state index contributed by atoms with van der Waals surface area (Å²) >= 11 is 0. The van der Waals surface area contributed by atoms with E-state index in [4.69, 9.17) is 9.90 Å². The molecule has 0 saturated carbocycles. The van der Waals surface area contributed by atoms with Gasteiger partial charge < -0.3 is 20.3 Å². The number of carboxylic acid groups (broad SMARTS) is 1. The van der Waals surface area contributed by atoms with Crippen molar-refractivity contribution in [2.24, 2.45) is 0 Å². The third kappa shape index (κ3) is 6.89. The van der Waals surface area contributed by atoms with E-state index in [2.05, 4.69) is 30.3 Å². The number of nitrogens with one attached hydrogen (secondary N) is 2. The molecule has 0 aromatic carbocycles. The monoisotopic (exact) mass is 427 g/mol. The number of nitrogens with zero attached hydrogens (tertiary/aromatic N) is 3. The second-order valence-corrected chi connectivity index (χ2v) is 5.82. The van der Waals surface area contributed by atoms with Crippen molar-refractivity contribution in [3.8, 4) is 11.4 Å². The molecule has 0 unspecified atom stereocenters. The minimum atomic E-state index is -5.08. The Labute approximate surface area is 159 Å². The maximum absolute atomic E-state index is 12.4. The third-order valence-corrected chi connectivity index (χ3v) is 3.62. The van der Waals surface area contributed by atoms with E-state index < -0.39 is 24.2 Å². The number of halogens is 6. The maximum atomic E-state index is 12.4. The summed E-state index contributed by atoms with van der Waals surface area (Å²) in [6.07, 6.45) is -6.30. The molecule has 0 bridgehead atoms. The zero-order valence-corrected chi connectivity index (χ0v) is 14.5. The average Bonchev–Trinajstić information content (AvgIpc) is 3.13. The lowest BCUT2D eigenvalue weighted by Gasteiger charge is -2.24. The van der Waals surface area contributed by atoms with Crippen molar-refractivity contribution in [2.45, 2.75) is 31.2 Å². The standard InChI is InChI=1S/C13H14F3N5O.C2HF3O2/c14-13(15,16)12-20-11(21-22-12)8-1-2-10(18-7-8)19-9-3-5-17-6-4-9;3-2(4,5)1(6)7/h1-2,7,9,17H,3-6H2,(H,18,19);(H,6,7). The van der Waals surface area contributed by atoms with Gasteiger partial charge in [0.05, 0.1) is 0 Å². The fourth-order valence-electron chi connectivity index (χ4n) is 2.24. The van der Waals surface area contributed by atoms with Gasteiger partial charge in [0.2, 0.25) is 5.82 Å². The molecule has 14 heteroatoms. The summed E-state index contributed by atoms with van der Waals surface area (Å²) in [5.41, 5.74) is 0.370. The molecule has 2 aromatic heterocycles. The third-order valence-electron chi connectivity index (χ3n) is 3.62. The van der Waals surface area contributed by atoms with E-state index in [1.807, 2.05) is 0 Å². The van der Waals surface area contributed by atoms with Crippen molar-refractivity contribution in [1.29, 1.82) is 0 Å². The quantitative estimate of drug-likeness (QED) is 0.641. The number of rotatable bonds is 3. The second kappa shape index (κ2) is 9.07. The summed E-state index contributed by atoms with van der Waals surface area (Å²) < 4.78 is 73.2. The highest BCUT2D eigenvalue weighted by Crippen LogP contribution is 2.29. The second-order valence-electron chi connectivity index (χ2n) is 5.82. The number of aromatic nitrogens is 3. The molecule has 8 nitrogen and oxygen atoms in total. The van der Waals surface area contributed by atoms with Crippen LogP contribution < -0.4 is 10.6 Å². The SMILES string of the molecule is FC(F)(F)c1nc(-c2ccc(NC3CCNCC3)nc2)no1.O=C(O)C(F)(F)F. The Morgan fingerprint density at radius 1 is 1.17 bits per heavy atom. The highest BCUT2D eigenvalue weighted by atomic mass is 19.4. The molecular weight excluding hydrogens is 412 g/mol. The topological polar surface area (TPSA) is 113 Å². The molecule has 0 spiro atoms. The molecule has 1 fully saturated rings. The first-order chi connectivity index (χ1) is 13.5. The first-order valence-electron chi connectivity index (χ1n) is 8.11. The van der Waals surface area contributed by atoms with Crippen LogP contribution in [-0.4, -0.2) is 51.5 Å². The zero-order chi connectivity index (χ0) is 21.7. The molecular formula is C15H15F6N5O3. The molecule has 1 saturated heterocycles. The lowest BCUT2D eigenvalue weighted by molar-refractivity contribution is -0.192. The van der Waals surface area contributed by atoms with Crippen molar-refractivity contribution >= 4 is 11.8 Å². The summed E-state index contributed by atoms with van der Waals surface area (Å²) in [5.74, 6) is -3.57. The number of hydrogen-bond donors (Lipinski definition) is 3. The van der Waals surface area contributed by atoms with Gasteiger partial charge in [-0.1, -0.05) is 5.16 Å². The minimum Gasteiger partial charge on any atom is -0.475 e. The molecule has 2 aromatic rings. The Hall–Kier alpha value is -2.90. The molecule has 0 radical (unpaired) electrons. The Morgan fingerprint density at radius 3 is 2.24 bits per heavy atom. The van der Waals surface area contributed by atoms with Gasteiger partial charge in [-0.25, -0.2) is 9.78 Å². The van der Waals surface area contributed by atoms with E-state index >= 15 is 0 Å². The van der Waals surface area contributed by atoms with Crippen molar-refractivity contribution in [3.63, 3.8) is 0 Å². The van der Waals surface area contributed by atoms with E-state index in [9.17, 15) is 26.3 Å². The lowest BCUT2D eigenvalue weighted by Crippen LogP contribution is -2.35.